The average Bonchev–Trinajstić information content (AvgIpc) is 2.79. The van der Waals surface area contributed by atoms with Gasteiger partial charge < -0.3 is 19.9 Å². The van der Waals surface area contributed by atoms with E-state index < -0.39 is 5.54 Å². The molecule has 0 atom stereocenters. The first-order chi connectivity index (χ1) is 11.4. The Morgan fingerprint density at radius 3 is 2.46 bits per heavy atom. The lowest BCUT2D eigenvalue weighted by atomic mass is 9.79. The summed E-state index contributed by atoms with van der Waals surface area (Å²) in [6, 6.07) is 3.89. The highest BCUT2D eigenvalue weighted by Crippen LogP contribution is 2.44. The Labute approximate surface area is 142 Å². The van der Waals surface area contributed by atoms with E-state index in [1.165, 1.54) is 0 Å². The highest BCUT2D eigenvalue weighted by atomic mass is 16.5. The van der Waals surface area contributed by atoms with Crippen LogP contribution in [-0.2, 0) is 9.53 Å². The van der Waals surface area contributed by atoms with Crippen LogP contribution in [0.25, 0.3) is 5.57 Å². The van der Waals surface area contributed by atoms with Crippen LogP contribution in [0.5, 0.6) is 5.75 Å². The summed E-state index contributed by atoms with van der Waals surface area (Å²) in [6.45, 7) is 3.92. The average molecular weight is 331 g/mol. The molecule has 1 spiro atoms. The van der Waals surface area contributed by atoms with Crippen molar-refractivity contribution in [2.24, 2.45) is 0 Å². The van der Waals surface area contributed by atoms with E-state index in [0.717, 1.165) is 24.0 Å². The van der Waals surface area contributed by atoms with Crippen LogP contribution < -0.4 is 10.1 Å². The van der Waals surface area contributed by atoms with Crippen molar-refractivity contribution in [3.8, 4) is 5.75 Å². The van der Waals surface area contributed by atoms with E-state index in [1.54, 1.807) is 14.2 Å². The van der Waals surface area contributed by atoms with Gasteiger partial charge in [-0.1, -0.05) is 6.07 Å². The van der Waals surface area contributed by atoms with Gasteiger partial charge in [0.15, 0.2) is 0 Å². The molecule has 1 aromatic carbocycles. The van der Waals surface area contributed by atoms with Gasteiger partial charge in [0.1, 0.15) is 11.5 Å². The van der Waals surface area contributed by atoms with Crippen molar-refractivity contribution in [3.63, 3.8) is 0 Å². The molecule has 1 aliphatic heterocycles. The van der Waals surface area contributed by atoms with Gasteiger partial charge in [0.05, 0.1) is 24.3 Å². The van der Waals surface area contributed by atoms with Crippen LogP contribution in [0.3, 0.4) is 0 Å². The van der Waals surface area contributed by atoms with Crippen LogP contribution >= 0.6 is 0 Å². The largest absolute Gasteiger partial charge is 0.509 e. The summed E-state index contributed by atoms with van der Waals surface area (Å²) < 4.78 is 10.9. The van der Waals surface area contributed by atoms with Gasteiger partial charge in [0.2, 0.25) is 0 Å². The number of methoxy groups -OCH3 is 2. The number of aryl methyl sites for hydroxylation is 2. The monoisotopic (exact) mass is 331 g/mol. The molecule has 1 heterocycles. The molecule has 0 aromatic heterocycles. The van der Waals surface area contributed by atoms with Crippen LogP contribution in [0, 0.1) is 13.8 Å². The van der Waals surface area contributed by atoms with E-state index in [2.05, 4.69) is 5.32 Å². The summed E-state index contributed by atoms with van der Waals surface area (Å²) in [5.74, 6) is 0.535. The maximum Gasteiger partial charge on any atom is 0.256 e. The zero-order chi connectivity index (χ0) is 17.5. The Morgan fingerprint density at radius 2 is 1.88 bits per heavy atom. The molecule has 5 heteroatoms. The molecule has 1 aliphatic carbocycles. The summed E-state index contributed by atoms with van der Waals surface area (Å²) >= 11 is 0. The molecule has 0 bridgehead atoms. The fraction of sp³-hybridized carbons (Fsp3) is 0.526. The maximum atomic E-state index is 12.7. The quantitative estimate of drug-likeness (QED) is 0.893. The first kappa shape index (κ1) is 16.8. The topological polar surface area (TPSA) is 67.8 Å². The zero-order valence-corrected chi connectivity index (χ0v) is 14.7. The van der Waals surface area contributed by atoms with E-state index in [9.17, 15) is 9.90 Å². The Hall–Kier alpha value is -2.01. The van der Waals surface area contributed by atoms with E-state index >= 15 is 0 Å². The smallest absolute Gasteiger partial charge is 0.256 e. The number of ether oxygens (including phenoxy) is 2. The number of hydrogen-bond donors (Lipinski definition) is 2. The number of aliphatic hydroxyl groups is 1. The third kappa shape index (κ3) is 2.57. The molecule has 24 heavy (non-hydrogen) atoms. The van der Waals surface area contributed by atoms with Crippen molar-refractivity contribution in [1.29, 1.82) is 0 Å². The van der Waals surface area contributed by atoms with E-state index in [-0.39, 0.29) is 17.8 Å². The summed E-state index contributed by atoms with van der Waals surface area (Å²) in [5, 5.41) is 14.0. The predicted octanol–water partition coefficient (Wildman–Crippen LogP) is 3.04. The van der Waals surface area contributed by atoms with Gasteiger partial charge >= 0.3 is 0 Å². The molecular weight excluding hydrogens is 306 g/mol. The first-order valence-corrected chi connectivity index (χ1v) is 8.36. The lowest BCUT2D eigenvalue weighted by Crippen LogP contribution is -2.48. The van der Waals surface area contributed by atoms with Crippen molar-refractivity contribution in [2.75, 3.05) is 14.2 Å². The fourth-order valence-corrected chi connectivity index (χ4v) is 4.01. The molecule has 0 radical (unpaired) electrons. The molecule has 1 amide bonds. The van der Waals surface area contributed by atoms with Crippen LogP contribution in [-0.4, -0.2) is 36.9 Å². The number of carbonyl (C=O) groups is 1. The Balaban J connectivity index is 2.07. The number of carbonyl (C=O) groups excluding carboxylic acids is 1. The summed E-state index contributed by atoms with van der Waals surface area (Å²) in [5.41, 5.74) is 2.35. The normalized spacial score (nSPS) is 26.8. The van der Waals surface area contributed by atoms with Gasteiger partial charge in [-0.05, 0) is 56.7 Å². The van der Waals surface area contributed by atoms with Gasteiger partial charge in [-0.3, -0.25) is 4.79 Å². The molecular formula is C19H25NO4. The third-order valence-electron chi connectivity index (χ3n) is 5.30. The minimum absolute atomic E-state index is 0.146. The molecule has 3 rings (SSSR count). The third-order valence-corrected chi connectivity index (χ3v) is 5.30. The lowest BCUT2D eigenvalue weighted by Gasteiger charge is -2.36. The number of hydrogen-bond acceptors (Lipinski definition) is 4. The van der Waals surface area contributed by atoms with Gasteiger partial charge in [-0.25, -0.2) is 0 Å². The summed E-state index contributed by atoms with van der Waals surface area (Å²) in [7, 11) is 3.29. The van der Waals surface area contributed by atoms with E-state index in [4.69, 9.17) is 9.47 Å². The number of nitrogens with one attached hydrogen (secondary N) is 1. The van der Waals surface area contributed by atoms with Crippen LogP contribution in [0.2, 0.25) is 0 Å². The van der Waals surface area contributed by atoms with Crippen molar-refractivity contribution in [1.82, 2.24) is 5.32 Å². The Morgan fingerprint density at radius 1 is 1.21 bits per heavy atom. The van der Waals surface area contributed by atoms with Crippen molar-refractivity contribution in [3.05, 3.63) is 34.6 Å². The van der Waals surface area contributed by atoms with Crippen LogP contribution in [0.1, 0.15) is 42.4 Å². The van der Waals surface area contributed by atoms with Crippen molar-refractivity contribution >= 4 is 11.5 Å². The van der Waals surface area contributed by atoms with Gasteiger partial charge in [-0.15, -0.1) is 0 Å². The molecule has 2 N–H and O–H groups in total. The predicted molar refractivity (Wildman–Crippen MR) is 92.2 cm³/mol. The van der Waals surface area contributed by atoms with Gasteiger partial charge in [-0.2, -0.15) is 0 Å². The van der Waals surface area contributed by atoms with Crippen LogP contribution in [0.15, 0.2) is 17.9 Å². The molecule has 1 aromatic rings. The molecule has 5 nitrogen and oxygen atoms in total. The molecule has 1 saturated carbocycles. The molecule has 130 valence electrons. The summed E-state index contributed by atoms with van der Waals surface area (Å²) in [4.78, 5) is 12.7. The second kappa shape index (κ2) is 6.13. The molecule has 1 fully saturated rings. The van der Waals surface area contributed by atoms with Gasteiger partial charge in [0.25, 0.3) is 5.91 Å². The second-order valence-corrected chi connectivity index (χ2v) is 6.85. The highest BCUT2D eigenvalue weighted by molar-refractivity contribution is 6.24. The fourth-order valence-electron chi connectivity index (χ4n) is 4.01. The number of benzene rings is 1. The lowest BCUT2D eigenvalue weighted by molar-refractivity contribution is -0.116. The van der Waals surface area contributed by atoms with Crippen LogP contribution in [0.4, 0.5) is 0 Å². The molecule has 2 aliphatic rings. The number of amides is 1. The number of aliphatic hydroxyl groups excluding tert-OH is 1. The zero-order valence-electron chi connectivity index (χ0n) is 14.7. The Bertz CT molecular complexity index is 700. The standard InChI is InChI=1S/C19H25NO4/c1-11-9-12(2)15(14(10-11)24-4)16-17(21)19(20-18(16)22)7-5-13(23-3)6-8-19/h9-10,13,21H,5-8H2,1-4H3,(H,20,22). The van der Waals surface area contributed by atoms with Gasteiger partial charge in [0, 0.05) is 12.7 Å². The minimum atomic E-state index is -0.663. The van der Waals surface area contributed by atoms with Crippen molar-refractivity contribution < 1.29 is 19.4 Å². The van der Waals surface area contributed by atoms with E-state index in [0.29, 0.717) is 29.7 Å². The minimum Gasteiger partial charge on any atom is -0.509 e. The maximum absolute atomic E-state index is 12.7. The molecule has 0 unspecified atom stereocenters. The molecule has 0 saturated heterocycles. The van der Waals surface area contributed by atoms with E-state index in [1.807, 2.05) is 26.0 Å². The highest BCUT2D eigenvalue weighted by Gasteiger charge is 2.48. The summed E-state index contributed by atoms with van der Waals surface area (Å²) in [6.07, 6.45) is 3.19. The van der Waals surface area contributed by atoms with Crippen molar-refractivity contribution in [2.45, 2.75) is 51.2 Å². The SMILES string of the molecule is COc1cc(C)cc(C)c1C1=C(O)C2(CCC(OC)CC2)NC1=O. The first-order valence-electron chi connectivity index (χ1n) is 8.36. The Kier molecular flexibility index (Phi) is 4.30. The second-order valence-electron chi connectivity index (χ2n) is 6.85. The number of rotatable bonds is 3.